The molecule has 0 atom stereocenters. The van der Waals surface area contributed by atoms with Crippen LogP contribution in [0.4, 0.5) is 5.69 Å². The molecule has 1 N–H and O–H groups in total. The molecule has 7 nitrogen and oxygen atoms in total. The molecule has 0 saturated carbocycles. The van der Waals surface area contributed by atoms with E-state index < -0.39 is 10.0 Å². The molecule has 1 aromatic carbocycles. The highest BCUT2D eigenvalue weighted by Gasteiger charge is 2.29. The first-order chi connectivity index (χ1) is 14.4. The van der Waals surface area contributed by atoms with Crippen LogP contribution in [0.2, 0.25) is 0 Å². The molecule has 2 aromatic rings. The van der Waals surface area contributed by atoms with Crippen LogP contribution in [-0.4, -0.2) is 67.8 Å². The number of aromatic nitrogens is 1. The Morgan fingerprint density at radius 1 is 0.933 bits per heavy atom. The number of nitrogens with zero attached hydrogens (tertiary/aromatic N) is 3. The van der Waals surface area contributed by atoms with Gasteiger partial charge in [0.2, 0.25) is 10.0 Å². The second-order valence-electron chi connectivity index (χ2n) is 8.28. The van der Waals surface area contributed by atoms with Gasteiger partial charge in [-0.3, -0.25) is 4.79 Å². The molecule has 30 heavy (non-hydrogen) atoms. The Morgan fingerprint density at radius 2 is 1.63 bits per heavy atom. The summed E-state index contributed by atoms with van der Waals surface area (Å²) >= 11 is 0. The summed E-state index contributed by atoms with van der Waals surface area (Å²) in [5.74, 6) is -0.143. The third kappa shape index (κ3) is 4.11. The molecular weight excluding hydrogens is 400 g/mol. The van der Waals surface area contributed by atoms with Crippen LogP contribution >= 0.6 is 0 Å². The molecule has 2 fully saturated rings. The van der Waals surface area contributed by atoms with E-state index >= 15 is 0 Å². The number of anilines is 1. The van der Waals surface area contributed by atoms with E-state index in [9.17, 15) is 13.2 Å². The van der Waals surface area contributed by atoms with Crippen LogP contribution in [0.3, 0.4) is 0 Å². The minimum atomic E-state index is -3.54. The zero-order chi connectivity index (χ0) is 21.3. The molecule has 8 heteroatoms. The molecule has 2 aliphatic heterocycles. The normalized spacial score (nSPS) is 18.6. The van der Waals surface area contributed by atoms with E-state index in [4.69, 9.17) is 0 Å². The topological polar surface area (TPSA) is 76.7 Å². The van der Waals surface area contributed by atoms with E-state index in [0.29, 0.717) is 31.9 Å². The Bertz CT molecular complexity index is 1020. The lowest BCUT2D eigenvalue weighted by Gasteiger charge is -2.36. The smallest absolute Gasteiger partial charge is 0.270 e. The highest BCUT2D eigenvalue weighted by Crippen LogP contribution is 2.24. The number of hydrogen-bond donors (Lipinski definition) is 1. The van der Waals surface area contributed by atoms with Crippen molar-refractivity contribution in [2.24, 2.45) is 0 Å². The minimum absolute atomic E-state index is 0.143. The standard InChI is InChI=1S/C22H30N4O3S/c1-17-6-7-21(18(2)14-17)24-10-12-25(13-11-24)22(27)20-15-19(16-23-20)30(28,29)26-8-4-3-5-9-26/h6-7,14-16,23H,3-5,8-13H2,1-2H3. The van der Waals surface area contributed by atoms with Gasteiger partial charge in [0.05, 0.1) is 0 Å². The lowest BCUT2D eigenvalue weighted by molar-refractivity contribution is 0.0741. The van der Waals surface area contributed by atoms with E-state index in [-0.39, 0.29) is 10.8 Å². The predicted octanol–water partition coefficient (Wildman–Crippen LogP) is 2.77. The van der Waals surface area contributed by atoms with Gasteiger partial charge in [0.15, 0.2) is 0 Å². The number of nitrogens with one attached hydrogen (secondary N) is 1. The molecule has 2 aliphatic rings. The van der Waals surface area contributed by atoms with Crippen molar-refractivity contribution in [1.29, 1.82) is 0 Å². The van der Waals surface area contributed by atoms with Gasteiger partial charge in [-0.2, -0.15) is 4.31 Å². The Balaban J connectivity index is 1.41. The summed E-state index contributed by atoms with van der Waals surface area (Å²) in [4.78, 5) is 20.1. The first-order valence-corrected chi connectivity index (χ1v) is 12.1. The Labute approximate surface area is 178 Å². The van der Waals surface area contributed by atoms with Crippen LogP contribution in [0.5, 0.6) is 0 Å². The third-order valence-corrected chi connectivity index (χ3v) is 7.98. The van der Waals surface area contributed by atoms with Crippen LogP contribution in [0.15, 0.2) is 35.4 Å². The molecule has 0 spiro atoms. The maximum absolute atomic E-state index is 12.9. The van der Waals surface area contributed by atoms with E-state index in [1.165, 1.54) is 33.4 Å². The van der Waals surface area contributed by atoms with Gasteiger partial charge in [-0.1, -0.05) is 24.1 Å². The van der Waals surface area contributed by atoms with Crippen molar-refractivity contribution in [3.63, 3.8) is 0 Å². The highest BCUT2D eigenvalue weighted by atomic mass is 32.2. The van der Waals surface area contributed by atoms with Crippen LogP contribution in [0, 0.1) is 13.8 Å². The fourth-order valence-electron chi connectivity index (χ4n) is 4.38. The number of carbonyl (C=O) groups is 1. The molecule has 0 aliphatic carbocycles. The third-order valence-electron chi connectivity index (χ3n) is 6.10. The summed E-state index contributed by atoms with van der Waals surface area (Å²) in [5, 5.41) is 0. The van der Waals surface area contributed by atoms with Crippen molar-refractivity contribution in [2.45, 2.75) is 38.0 Å². The molecule has 0 radical (unpaired) electrons. The average Bonchev–Trinajstić information content (AvgIpc) is 3.25. The van der Waals surface area contributed by atoms with Gasteiger partial charge in [-0.15, -0.1) is 0 Å². The maximum atomic E-state index is 12.9. The van der Waals surface area contributed by atoms with Gasteiger partial charge in [0, 0.05) is 51.2 Å². The Morgan fingerprint density at radius 3 is 2.30 bits per heavy atom. The molecule has 3 heterocycles. The second-order valence-corrected chi connectivity index (χ2v) is 10.2. The Hall–Kier alpha value is -2.32. The molecule has 1 aromatic heterocycles. The zero-order valence-corrected chi connectivity index (χ0v) is 18.5. The van der Waals surface area contributed by atoms with Crippen LogP contribution in [0.1, 0.15) is 40.9 Å². The first-order valence-electron chi connectivity index (χ1n) is 10.7. The number of hydrogen-bond acceptors (Lipinski definition) is 4. The van der Waals surface area contributed by atoms with Crippen LogP contribution in [0.25, 0.3) is 0 Å². The number of amides is 1. The number of H-pyrrole nitrogens is 1. The van der Waals surface area contributed by atoms with Gasteiger partial charge in [-0.25, -0.2) is 8.42 Å². The minimum Gasteiger partial charge on any atom is -0.368 e. The number of piperazine rings is 1. The quantitative estimate of drug-likeness (QED) is 0.809. The van der Waals surface area contributed by atoms with Crippen LogP contribution in [-0.2, 0) is 10.0 Å². The molecule has 2 saturated heterocycles. The fourth-order valence-corrected chi connectivity index (χ4v) is 5.89. The van der Waals surface area contributed by atoms with Gasteiger partial charge in [-0.05, 0) is 44.4 Å². The number of aryl methyl sites for hydroxylation is 2. The summed E-state index contributed by atoms with van der Waals surface area (Å²) in [5.41, 5.74) is 4.03. The number of aromatic amines is 1. The summed E-state index contributed by atoms with van der Waals surface area (Å²) in [7, 11) is -3.54. The Kier molecular flexibility index (Phi) is 5.88. The molecule has 1 amide bonds. The summed E-state index contributed by atoms with van der Waals surface area (Å²) < 4.78 is 27.2. The monoisotopic (exact) mass is 430 g/mol. The second kappa shape index (κ2) is 8.43. The van der Waals surface area contributed by atoms with Crippen molar-refractivity contribution >= 4 is 21.6 Å². The van der Waals surface area contributed by atoms with Crippen molar-refractivity contribution in [3.05, 3.63) is 47.3 Å². The molecule has 4 rings (SSSR count). The van der Waals surface area contributed by atoms with Gasteiger partial charge >= 0.3 is 0 Å². The van der Waals surface area contributed by atoms with Crippen LogP contribution < -0.4 is 4.90 Å². The number of carbonyl (C=O) groups excluding carboxylic acids is 1. The lowest BCUT2D eigenvalue weighted by Crippen LogP contribution is -2.49. The van der Waals surface area contributed by atoms with Crippen molar-refractivity contribution < 1.29 is 13.2 Å². The average molecular weight is 431 g/mol. The summed E-state index contributed by atoms with van der Waals surface area (Å²) in [6.45, 7) is 8.05. The summed E-state index contributed by atoms with van der Waals surface area (Å²) in [6, 6.07) is 7.92. The van der Waals surface area contributed by atoms with Gasteiger partial charge in [0.25, 0.3) is 5.91 Å². The van der Waals surface area contributed by atoms with E-state index in [2.05, 4.69) is 41.9 Å². The van der Waals surface area contributed by atoms with Gasteiger partial charge in [0.1, 0.15) is 10.6 Å². The zero-order valence-electron chi connectivity index (χ0n) is 17.7. The first kappa shape index (κ1) is 20.9. The van der Waals surface area contributed by atoms with E-state index in [0.717, 1.165) is 32.4 Å². The predicted molar refractivity (Wildman–Crippen MR) is 117 cm³/mol. The van der Waals surface area contributed by atoms with Crippen molar-refractivity contribution in [2.75, 3.05) is 44.2 Å². The van der Waals surface area contributed by atoms with Crippen molar-refractivity contribution in [1.82, 2.24) is 14.2 Å². The molecule has 162 valence electrons. The maximum Gasteiger partial charge on any atom is 0.270 e. The number of piperidine rings is 1. The molecule has 0 unspecified atom stereocenters. The number of sulfonamides is 1. The number of benzene rings is 1. The highest BCUT2D eigenvalue weighted by molar-refractivity contribution is 7.89. The van der Waals surface area contributed by atoms with E-state index in [1.54, 1.807) is 4.90 Å². The van der Waals surface area contributed by atoms with E-state index in [1.807, 2.05) is 0 Å². The fraction of sp³-hybridized carbons (Fsp3) is 0.500. The largest absolute Gasteiger partial charge is 0.368 e. The molecule has 0 bridgehead atoms. The SMILES string of the molecule is Cc1ccc(N2CCN(C(=O)c3cc(S(=O)(=O)N4CCCCC4)c[nH]3)CC2)c(C)c1. The lowest BCUT2D eigenvalue weighted by atomic mass is 10.1. The molecular formula is C22H30N4O3S. The number of rotatable bonds is 4. The summed E-state index contributed by atoms with van der Waals surface area (Å²) in [6.07, 6.45) is 4.29. The van der Waals surface area contributed by atoms with Crippen molar-refractivity contribution in [3.8, 4) is 0 Å². The van der Waals surface area contributed by atoms with Gasteiger partial charge < -0.3 is 14.8 Å².